The summed E-state index contributed by atoms with van der Waals surface area (Å²) in [5, 5.41) is 5.96. The van der Waals surface area contributed by atoms with Crippen LogP contribution >= 0.6 is 15.9 Å². The Morgan fingerprint density at radius 3 is 2.82 bits per heavy atom. The van der Waals surface area contributed by atoms with E-state index in [1.165, 1.54) is 5.56 Å². The van der Waals surface area contributed by atoms with Gasteiger partial charge in [-0.25, -0.2) is 0 Å². The van der Waals surface area contributed by atoms with Crippen LogP contribution in [0, 0.1) is 0 Å². The highest BCUT2D eigenvalue weighted by atomic mass is 79.9. The summed E-state index contributed by atoms with van der Waals surface area (Å²) in [7, 11) is 0. The van der Waals surface area contributed by atoms with Crippen molar-refractivity contribution in [3.05, 3.63) is 54.1 Å². The summed E-state index contributed by atoms with van der Waals surface area (Å²) in [4.78, 5) is 0. The topological polar surface area (TPSA) is 26.0 Å². The van der Waals surface area contributed by atoms with Crippen molar-refractivity contribution in [1.29, 1.82) is 0 Å². The van der Waals surface area contributed by atoms with Crippen molar-refractivity contribution < 1.29 is 4.52 Å². The number of alkyl halides is 1. The Labute approximate surface area is 107 Å². The van der Waals surface area contributed by atoms with Gasteiger partial charge in [-0.1, -0.05) is 51.4 Å². The maximum Gasteiger partial charge on any atom is 0.174 e. The Morgan fingerprint density at radius 2 is 1.94 bits per heavy atom. The standard InChI is InChI=1S/C14H10BrNO/c15-9-10-4-3-5-11(8-10)14-12-6-1-2-7-13(12)16-17-14/h1-8H,9H2. The van der Waals surface area contributed by atoms with E-state index in [0.717, 1.165) is 27.6 Å². The normalized spacial score (nSPS) is 10.9. The first-order valence-electron chi connectivity index (χ1n) is 5.38. The third-order valence-corrected chi connectivity index (χ3v) is 3.37. The molecule has 0 radical (unpaired) electrons. The molecule has 0 aliphatic heterocycles. The summed E-state index contributed by atoms with van der Waals surface area (Å²) in [5.41, 5.74) is 3.19. The molecule has 0 aliphatic carbocycles. The molecule has 2 aromatic carbocycles. The highest BCUT2D eigenvalue weighted by molar-refractivity contribution is 9.08. The number of benzene rings is 2. The number of nitrogens with zero attached hydrogens (tertiary/aromatic N) is 1. The number of hydrogen-bond acceptors (Lipinski definition) is 2. The van der Waals surface area contributed by atoms with Crippen LogP contribution in [0.25, 0.3) is 22.2 Å². The average molecular weight is 288 g/mol. The first-order valence-corrected chi connectivity index (χ1v) is 6.50. The Hall–Kier alpha value is -1.61. The molecule has 0 N–H and O–H groups in total. The van der Waals surface area contributed by atoms with Crippen LogP contribution in [-0.2, 0) is 5.33 Å². The summed E-state index contributed by atoms with van der Waals surface area (Å²) in [5.74, 6) is 0.836. The maximum atomic E-state index is 5.44. The van der Waals surface area contributed by atoms with Crippen molar-refractivity contribution in [3.8, 4) is 11.3 Å². The molecule has 1 heterocycles. The van der Waals surface area contributed by atoms with Gasteiger partial charge in [-0.05, 0) is 23.8 Å². The van der Waals surface area contributed by atoms with Crippen LogP contribution < -0.4 is 0 Å². The van der Waals surface area contributed by atoms with Gasteiger partial charge in [0, 0.05) is 16.3 Å². The van der Waals surface area contributed by atoms with Crippen LogP contribution in [0.1, 0.15) is 5.56 Å². The molecule has 3 heteroatoms. The third-order valence-electron chi connectivity index (χ3n) is 2.73. The molecule has 0 saturated carbocycles. The van der Waals surface area contributed by atoms with Crippen molar-refractivity contribution in [3.63, 3.8) is 0 Å². The van der Waals surface area contributed by atoms with E-state index in [1.807, 2.05) is 36.4 Å². The van der Waals surface area contributed by atoms with Gasteiger partial charge in [0.05, 0.1) is 0 Å². The van der Waals surface area contributed by atoms with Crippen LogP contribution in [0.15, 0.2) is 53.1 Å². The fourth-order valence-corrected chi connectivity index (χ4v) is 2.24. The van der Waals surface area contributed by atoms with Crippen molar-refractivity contribution in [2.45, 2.75) is 5.33 Å². The molecule has 0 spiro atoms. The van der Waals surface area contributed by atoms with E-state index in [2.05, 4.69) is 33.2 Å². The monoisotopic (exact) mass is 287 g/mol. The Balaban J connectivity index is 2.20. The number of fused-ring (bicyclic) bond motifs is 1. The van der Waals surface area contributed by atoms with Crippen molar-refractivity contribution in [1.82, 2.24) is 5.16 Å². The second-order valence-corrected chi connectivity index (χ2v) is 4.42. The molecule has 2 nitrogen and oxygen atoms in total. The fraction of sp³-hybridized carbons (Fsp3) is 0.0714. The lowest BCUT2D eigenvalue weighted by atomic mass is 10.1. The highest BCUT2D eigenvalue weighted by Crippen LogP contribution is 2.29. The number of hydrogen-bond donors (Lipinski definition) is 0. The van der Waals surface area contributed by atoms with Gasteiger partial charge in [0.25, 0.3) is 0 Å². The van der Waals surface area contributed by atoms with E-state index >= 15 is 0 Å². The molecular formula is C14H10BrNO. The zero-order valence-electron chi connectivity index (χ0n) is 9.06. The molecule has 0 saturated heterocycles. The lowest BCUT2D eigenvalue weighted by molar-refractivity contribution is 0.441. The quantitative estimate of drug-likeness (QED) is 0.654. The van der Waals surface area contributed by atoms with Gasteiger partial charge < -0.3 is 4.52 Å². The summed E-state index contributed by atoms with van der Waals surface area (Å²) >= 11 is 3.46. The van der Waals surface area contributed by atoms with E-state index in [1.54, 1.807) is 0 Å². The Bertz CT molecular complexity index is 660. The molecule has 0 bridgehead atoms. The molecule has 0 unspecified atom stereocenters. The fourth-order valence-electron chi connectivity index (χ4n) is 1.89. The van der Waals surface area contributed by atoms with Gasteiger partial charge in [0.2, 0.25) is 0 Å². The third kappa shape index (κ3) is 1.87. The van der Waals surface area contributed by atoms with Gasteiger partial charge in [0.15, 0.2) is 5.76 Å². The minimum atomic E-state index is 0.836. The van der Waals surface area contributed by atoms with Crippen molar-refractivity contribution in [2.24, 2.45) is 0 Å². The zero-order chi connectivity index (χ0) is 11.7. The second-order valence-electron chi connectivity index (χ2n) is 3.86. The lowest BCUT2D eigenvalue weighted by Gasteiger charge is -1.99. The summed E-state index contributed by atoms with van der Waals surface area (Å²) in [6.45, 7) is 0. The second kappa shape index (κ2) is 4.34. The first kappa shape index (κ1) is 10.5. The van der Waals surface area contributed by atoms with E-state index < -0.39 is 0 Å². The largest absolute Gasteiger partial charge is 0.355 e. The summed E-state index contributed by atoms with van der Waals surface area (Å²) in [6.07, 6.45) is 0. The minimum absolute atomic E-state index is 0.836. The van der Waals surface area contributed by atoms with E-state index in [4.69, 9.17) is 4.52 Å². The van der Waals surface area contributed by atoms with Crippen LogP contribution in [0.4, 0.5) is 0 Å². The minimum Gasteiger partial charge on any atom is -0.355 e. The maximum absolute atomic E-state index is 5.44. The average Bonchev–Trinajstić information content (AvgIpc) is 2.82. The number of aromatic nitrogens is 1. The first-order chi connectivity index (χ1) is 8.38. The number of rotatable bonds is 2. The van der Waals surface area contributed by atoms with Crippen molar-refractivity contribution >= 4 is 26.8 Å². The molecule has 3 rings (SSSR count). The predicted molar refractivity (Wildman–Crippen MR) is 72.1 cm³/mol. The molecule has 17 heavy (non-hydrogen) atoms. The SMILES string of the molecule is BrCc1cccc(-c2onc3ccccc23)c1. The van der Waals surface area contributed by atoms with Crippen LogP contribution in [0.5, 0.6) is 0 Å². The summed E-state index contributed by atoms with van der Waals surface area (Å²) < 4.78 is 5.44. The Morgan fingerprint density at radius 1 is 1.06 bits per heavy atom. The highest BCUT2D eigenvalue weighted by Gasteiger charge is 2.09. The van der Waals surface area contributed by atoms with E-state index in [-0.39, 0.29) is 0 Å². The van der Waals surface area contributed by atoms with Crippen LogP contribution in [0.3, 0.4) is 0 Å². The molecule has 3 aromatic rings. The smallest absolute Gasteiger partial charge is 0.174 e. The zero-order valence-corrected chi connectivity index (χ0v) is 10.6. The van der Waals surface area contributed by atoms with Gasteiger partial charge in [0.1, 0.15) is 5.52 Å². The van der Waals surface area contributed by atoms with E-state index in [9.17, 15) is 0 Å². The Kier molecular flexibility index (Phi) is 2.69. The molecule has 0 aliphatic rings. The molecule has 0 atom stereocenters. The molecule has 84 valence electrons. The predicted octanol–water partition coefficient (Wildman–Crippen LogP) is 4.39. The van der Waals surface area contributed by atoms with Crippen molar-refractivity contribution in [2.75, 3.05) is 0 Å². The molecule has 0 fully saturated rings. The lowest BCUT2D eigenvalue weighted by Crippen LogP contribution is -1.80. The molecular weight excluding hydrogens is 278 g/mol. The molecule has 0 amide bonds. The number of halogens is 1. The summed E-state index contributed by atoms with van der Waals surface area (Å²) in [6, 6.07) is 16.2. The van der Waals surface area contributed by atoms with Gasteiger partial charge in [-0.2, -0.15) is 0 Å². The van der Waals surface area contributed by atoms with Gasteiger partial charge in [-0.15, -0.1) is 0 Å². The van der Waals surface area contributed by atoms with Crippen LogP contribution in [-0.4, -0.2) is 5.16 Å². The van der Waals surface area contributed by atoms with E-state index in [0.29, 0.717) is 0 Å². The van der Waals surface area contributed by atoms with Gasteiger partial charge in [-0.3, -0.25) is 0 Å². The molecule has 1 aromatic heterocycles. The van der Waals surface area contributed by atoms with Crippen LogP contribution in [0.2, 0.25) is 0 Å². The van der Waals surface area contributed by atoms with Gasteiger partial charge >= 0.3 is 0 Å².